The van der Waals surface area contributed by atoms with Crippen molar-refractivity contribution in [2.75, 3.05) is 0 Å². The normalized spacial score (nSPS) is 10.5. The van der Waals surface area contributed by atoms with Crippen molar-refractivity contribution in [1.82, 2.24) is 15.0 Å². The minimum atomic E-state index is 0.673. The quantitative estimate of drug-likeness (QED) is 0.825. The maximum absolute atomic E-state index is 5.29. The molecule has 0 aromatic carbocycles. The molecule has 0 atom stereocenters. The Morgan fingerprint density at radius 1 is 1.35 bits per heavy atom. The van der Waals surface area contributed by atoms with Crippen LogP contribution in [0.2, 0.25) is 0 Å². The molecular formula is C13H15N3S. The van der Waals surface area contributed by atoms with Crippen LogP contribution in [-0.2, 0) is 6.42 Å². The first-order valence-corrected chi connectivity index (χ1v) is 6.05. The van der Waals surface area contributed by atoms with E-state index >= 15 is 0 Å². The maximum atomic E-state index is 5.29. The number of nitrogens with one attached hydrogen (secondary N) is 1. The van der Waals surface area contributed by atoms with Gasteiger partial charge in [0.2, 0.25) is 0 Å². The summed E-state index contributed by atoms with van der Waals surface area (Å²) in [6, 6.07) is 2.00. The Morgan fingerprint density at radius 2 is 2.12 bits per heavy atom. The molecule has 17 heavy (non-hydrogen) atoms. The predicted octanol–water partition coefficient (Wildman–Crippen LogP) is 3.38. The Morgan fingerprint density at radius 3 is 2.76 bits per heavy atom. The van der Waals surface area contributed by atoms with Crippen molar-refractivity contribution in [3.05, 3.63) is 40.1 Å². The molecule has 2 heterocycles. The molecule has 0 spiro atoms. The third-order valence-corrected chi connectivity index (χ3v) is 3.22. The van der Waals surface area contributed by atoms with E-state index in [1.165, 1.54) is 0 Å². The van der Waals surface area contributed by atoms with E-state index in [1.807, 2.05) is 26.1 Å². The van der Waals surface area contributed by atoms with Gasteiger partial charge in [-0.25, -0.2) is 4.98 Å². The molecule has 0 aliphatic carbocycles. The molecule has 0 radical (unpaired) electrons. The predicted molar refractivity (Wildman–Crippen MR) is 71.5 cm³/mol. The first-order valence-electron chi connectivity index (χ1n) is 5.64. The fourth-order valence-electron chi connectivity index (χ4n) is 1.77. The topological polar surface area (TPSA) is 41.6 Å². The monoisotopic (exact) mass is 245 g/mol. The number of nitrogens with zero attached hydrogens (tertiary/aromatic N) is 2. The molecule has 3 nitrogen and oxygen atoms in total. The number of rotatable bonds is 2. The lowest BCUT2D eigenvalue weighted by Crippen LogP contribution is -2.00. The minimum absolute atomic E-state index is 0.673. The molecule has 88 valence electrons. The lowest BCUT2D eigenvalue weighted by Gasteiger charge is -2.10. The lowest BCUT2D eigenvalue weighted by atomic mass is 10.1. The Hall–Kier alpha value is -1.55. The van der Waals surface area contributed by atoms with E-state index in [0.717, 1.165) is 34.6 Å². The van der Waals surface area contributed by atoms with Crippen molar-refractivity contribution in [2.24, 2.45) is 0 Å². The maximum Gasteiger partial charge on any atom is 0.133 e. The van der Waals surface area contributed by atoms with Crippen LogP contribution in [-0.4, -0.2) is 15.0 Å². The van der Waals surface area contributed by atoms with E-state index in [-0.39, 0.29) is 0 Å². The van der Waals surface area contributed by atoms with Crippen LogP contribution in [0.1, 0.15) is 23.9 Å². The summed E-state index contributed by atoms with van der Waals surface area (Å²) < 4.78 is 0.673. The smallest absolute Gasteiger partial charge is 0.133 e. The highest BCUT2D eigenvalue weighted by molar-refractivity contribution is 7.71. The molecule has 0 saturated carbocycles. The first-order chi connectivity index (χ1) is 8.13. The van der Waals surface area contributed by atoms with Gasteiger partial charge in [0.25, 0.3) is 0 Å². The number of H-pyrrole nitrogens is 1. The largest absolute Gasteiger partial charge is 0.343 e. The third-order valence-electron chi connectivity index (χ3n) is 2.83. The van der Waals surface area contributed by atoms with Crippen molar-refractivity contribution in [3.8, 4) is 11.3 Å². The van der Waals surface area contributed by atoms with Crippen molar-refractivity contribution < 1.29 is 0 Å². The molecule has 0 aliphatic heterocycles. The van der Waals surface area contributed by atoms with Gasteiger partial charge in [-0.1, -0.05) is 19.1 Å². The molecule has 2 rings (SSSR count). The zero-order valence-corrected chi connectivity index (χ0v) is 11.1. The summed E-state index contributed by atoms with van der Waals surface area (Å²) in [5.74, 6) is 0.923. The molecule has 0 aliphatic rings. The van der Waals surface area contributed by atoms with Crippen LogP contribution in [0, 0.1) is 18.5 Å². The van der Waals surface area contributed by atoms with Crippen LogP contribution in [0.3, 0.4) is 0 Å². The van der Waals surface area contributed by atoms with E-state index < -0.39 is 0 Å². The van der Waals surface area contributed by atoms with Crippen molar-refractivity contribution in [3.63, 3.8) is 0 Å². The fourth-order valence-corrected chi connectivity index (χ4v) is 1.98. The zero-order chi connectivity index (χ0) is 12.4. The van der Waals surface area contributed by atoms with Gasteiger partial charge in [0.1, 0.15) is 10.5 Å². The molecule has 0 unspecified atom stereocenters. The summed E-state index contributed by atoms with van der Waals surface area (Å²) in [5.41, 5.74) is 4.35. The van der Waals surface area contributed by atoms with Crippen molar-refractivity contribution in [1.29, 1.82) is 0 Å². The summed E-state index contributed by atoms with van der Waals surface area (Å²) in [5, 5.41) is 0. The van der Waals surface area contributed by atoms with Gasteiger partial charge in [-0.2, -0.15) is 0 Å². The van der Waals surface area contributed by atoms with Crippen molar-refractivity contribution in [2.45, 2.75) is 27.2 Å². The average molecular weight is 245 g/mol. The number of hydrogen-bond donors (Lipinski definition) is 1. The van der Waals surface area contributed by atoms with Crippen LogP contribution < -0.4 is 0 Å². The Bertz CT molecular complexity index is 602. The van der Waals surface area contributed by atoms with Crippen molar-refractivity contribution >= 4 is 12.2 Å². The van der Waals surface area contributed by atoms with Gasteiger partial charge in [-0.05, 0) is 25.5 Å². The van der Waals surface area contributed by atoms with Crippen LogP contribution in [0.4, 0.5) is 0 Å². The molecule has 4 heteroatoms. The van der Waals surface area contributed by atoms with E-state index in [0.29, 0.717) is 4.64 Å². The Balaban J connectivity index is 2.71. The lowest BCUT2D eigenvalue weighted by molar-refractivity contribution is 0.925. The number of aromatic amines is 1. The van der Waals surface area contributed by atoms with E-state index in [2.05, 4.69) is 21.9 Å². The van der Waals surface area contributed by atoms with E-state index in [9.17, 15) is 0 Å². The van der Waals surface area contributed by atoms with Gasteiger partial charge >= 0.3 is 0 Å². The second-order valence-corrected chi connectivity index (χ2v) is 4.42. The summed E-state index contributed by atoms with van der Waals surface area (Å²) in [6.45, 7) is 6.11. The van der Waals surface area contributed by atoms with Gasteiger partial charge in [0, 0.05) is 29.9 Å². The van der Waals surface area contributed by atoms with Gasteiger partial charge in [0.05, 0.1) is 5.69 Å². The Labute approximate surface area is 106 Å². The second kappa shape index (κ2) is 4.75. The van der Waals surface area contributed by atoms with Gasteiger partial charge in [-0.3, -0.25) is 4.98 Å². The zero-order valence-electron chi connectivity index (χ0n) is 10.2. The first kappa shape index (κ1) is 11.9. The molecular weight excluding hydrogens is 230 g/mol. The average Bonchev–Trinajstić information content (AvgIpc) is 2.33. The van der Waals surface area contributed by atoms with Crippen LogP contribution in [0.15, 0.2) is 18.5 Å². The molecule has 2 aromatic heterocycles. The van der Waals surface area contributed by atoms with Crippen LogP contribution >= 0.6 is 12.2 Å². The van der Waals surface area contributed by atoms with E-state index in [4.69, 9.17) is 12.2 Å². The second-order valence-electron chi connectivity index (χ2n) is 4.03. The molecule has 0 amide bonds. The molecule has 0 bridgehead atoms. The van der Waals surface area contributed by atoms with Crippen LogP contribution in [0.5, 0.6) is 0 Å². The van der Waals surface area contributed by atoms with Crippen LogP contribution in [0.25, 0.3) is 11.3 Å². The standard InChI is InChI=1S/C13H15N3S/c1-4-11-15-12(9(3)13(17)16-11)10-5-6-14-7-8(10)2/h5-7H,4H2,1-3H3,(H,15,16,17). The SMILES string of the molecule is CCc1nc(=S)c(C)c(-c2ccncc2C)[nH]1. The van der Waals surface area contributed by atoms with E-state index in [1.54, 1.807) is 6.20 Å². The summed E-state index contributed by atoms with van der Waals surface area (Å²) in [4.78, 5) is 11.8. The fraction of sp³-hybridized carbons (Fsp3) is 0.308. The summed E-state index contributed by atoms with van der Waals surface area (Å²) >= 11 is 5.29. The number of aryl methyl sites for hydroxylation is 2. The molecule has 0 saturated heterocycles. The summed E-state index contributed by atoms with van der Waals surface area (Å²) in [6.07, 6.45) is 4.50. The highest BCUT2D eigenvalue weighted by atomic mass is 32.1. The molecule has 2 aromatic rings. The number of hydrogen-bond acceptors (Lipinski definition) is 3. The number of pyridine rings is 1. The highest BCUT2D eigenvalue weighted by Crippen LogP contribution is 2.24. The number of aromatic nitrogens is 3. The molecule has 1 N–H and O–H groups in total. The van der Waals surface area contributed by atoms with Gasteiger partial charge in [-0.15, -0.1) is 0 Å². The van der Waals surface area contributed by atoms with Gasteiger partial charge < -0.3 is 4.98 Å². The highest BCUT2D eigenvalue weighted by Gasteiger charge is 2.08. The third kappa shape index (κ3) is 2.26. The molecule has 0 fully saturated rings. The Kier molecular flexibility index (Phi) is 3.33. The summed E-state index contributed by atoms with van der Waals surface area (Å²) in [7, 11) is 0. The van der Waals surface area contributed by atoms with Gasteiger partial charge in [0.15, 0.2) is 0 Å². The minimum Gasteiger partial charge on any atom is -0.343 e.